The third-order valence-corrected chi connectivity index (χ3v) is 4.79. The number of nitrogens with zero attached hydrogens (tertiary/aromatic N) is 4. The van der Waals surface area contributed by atoms with E-state index in [4.69, 9.17) is 0 Å². The van der Waals surface area contributed by atoms with E-state index in [0.29, 0.717) is 5.82 Å². The van der Waals surface area contributed by atoms with E-state index >= 15 is 0 Å². The van der Waals surface area contributed by atoms with Crippen molar-refractivity contribution in [3.05, 3.63) is 63.9 Å². The summed E-state index contributed by atoms with van der Waals surface area (Å²) < 4.78 is 2.69. The summed E-state index contributed by atoms with van der Waals surface area (Å²) in [4.78, 5) is 12.3. The number of halogens is 1. The molecule has 0 fully saturated rings. The highest BCUT2D eigenvalue weighted by atomic mass is 79.9. The molecule has 1 atom stereocenters. The number of rotatable bonds is 6. The molecule has 3 rings (SSSR count). The maximum Gasteiger partial charge on any atom is 0.239 e. The molecule has 0 spiro atoms. The second kappa shape index (κ2) is 8.30. The number of carbonyl (C=O) groups excluding carboxylic acids is 1. The molecule has 27 heavy (non-hydrogen) atoms. The van der Waals surface area contributed by atoms with Crippen LogP contribution < -0.4 is 10.6 Å². The van der Waals surface area contributed by atoms with Gasteiger partial charge in [-0.1, -0.05) is 34.1 Å². The van der Waals surface area contributed by atoms with Crippen molar-refractivity contribution in [1.82, 2.24) is 25.5 Å². The zero-order valence-corrected chi connectivity index (χ0v) is 17.0. The van der Waals surface area contributed by atoms with Gasteiger partial charge in [-0.3, -0.25) is 4.79 Å². The highest BCUT2D eigenvalue weighted by Gasteiger charge is 2.11. The summed E-state index contributed by atoms with van der Waals surface area (Å²) in [6, 6.07) is 13.7. The van der Waals surface area contributed by atoms with Gasteiger partial charge >= 0.3 is 0 Å². The van der Waals surface area contributed by atoms with Crippen LogP contribution in [0.15, 0.2) is 46.9 Å². The molecule has 8 heteroatoms. The number of carbonyl (C=O) groups is 1. The minimum atomic E-state index is -0.0776. The zero-order valence-electron chi connectivity index (χ0n) is 15.4. The Labute approximate surface area is 166 Å². The topological polar surface area (TPSA) is 84.7 Å². The Kier molecular flexibility index (Phi) is 5.85. The Morgan fingerprint density at radius 2 is 1.93 bits per heavy atom. The minimum absolute atomic E-state index is 0.0650. The molecule has 0 aliphatic heterocycles. The summed E-state index contributed by atoms with van der Waals surface area (Å²) in [5.41, 5.74) is 3.81. The van der Waals surface area contributed by atoms with Gasteiger partial charge in [0.15, 0.2) is 5.82 Å². The van der Waals surface area contributed by atoms with Crippen LogP contribution in [0.25, 0.3) is 5.69 Å². The predicted octanol–water partition coefficient (Wildman–Crippen LogP) is 3.33. The van der Waals surface area contributed by atoms with Gasteiger partial charge in [-0.2, -0.15) is 4.68 Å². The van der Waals surface area contributed by atoms with Crippen molar-refractivity contribution in [1.29, 1.82) is 0 Å². The molecular weight excluding hydrogens is 408 g/mol. The smallest absolute Gasteiger partial charge is 0.239 e. The molecule has 0 radical (unpaired) electrons. The number of amides is 1. The Morgan fingerprint density at radius 3 is 2.59 bits per heavy atom. The summed E-state index contributed by atoms with van der Waals surface area (Å²) in [5.74, 6) is 0.627. The van der Waals surface area contributed by atoms with Gasteiger partial charge in [0.1, 0.15) is 0 Å². The van der Waals surface area contributed by atoms with Crippen molar-refractivity contribution in [3.63, 3.8) is 0 Å². The largest absolute Gasteiger partial charge is 0.376 e. The van der Waals surface area contributed by atoms with Crippen molar-refractivity contribution in [2.24, 2.45) is 0 Å². The standard InChI is InChI=1S/C19H21BrN6O/c1-12-4-9-17(10-18(12)26-14(3)23-24-25-26)21-11-19(27)22-13(2)15-5-7-16(20)8-6-15/h4-10,13,21H,11H2,1-3H3,(H,22,27). The van der Waals surface area contributed by atoms with Gasteiger partial charge in [-0.05, 0) is 66.6 Å². The van der Waals surface area contributed by atoms with Gasteiger partial charge in [-0.15, -0.1) is 5.10 Å². The monoisotopic (exact) mass is 428 g/mol. The lowest BCUT2D eigenvalue weighted by atomic mass is 10.1. The molecule has 0 saturated carbocycles. The van der Waals surface area contributed by atoms with Crippen LogP contribution in [-0.4, -0.2) is 32.7 Å². The van der Waals surface area contributed by atoms with Crippen LogP contribution >= 0.6 is 15.9 Å². The number of hydrogen-bond donors (Lipinski definition) is 2. The fourth-order valence-corrected chi connectivity index (χ4v) is 2.98. The molecule has 1 heterocycles. The highest BCUT2D eigenvalue weighted by Crippen LogP contribution is 2.19. The predicted molar refractivity (Wildman–Crippen MR) is 108 cm³/mol. The van der Waals surface area contributed by atoms with E-state index in [1.54, 1.807) is 4.68 Å². The number of benzene rings is 2. The molecule has 3 aromatic rings. The van der Waals surface area contributed by atoms with Crippen molar-refractivity contribution in [2.75, 3.05) is 11.9 Å². The Bertz CT molecular complexity index is 938. The van der Waals surface area contributed by atoms with Gasteiger partial charge < -0.3 is 10.6 Å². The van der Waals surface area contributed by atoms with E-state index in [-0.39, 0.29) is 18.5 Å². The zero-order chi connectivity index (χ0) is 19.4. The molecule has 0 saturated heterocycles. The first-order valence-electron chi connectivity index (χ1n) is 8.59. The number of tetrazole rings is 1. The quantitative estimate of drug-likeness (QED) is 0.628. The maximum atomic E-state index is 12.3. The van der Waals surface area contributed by atoms with E-state index < -0.39 is 0 Å². The highest BCUT2D eigenvalue weighted by molar-refractivity contribution is 9.10. The van der Waals surface area contributed by atoms with Crippen molar-refractivity contribution < 1.29 is 4.79 Å². The van der Waals surface area contributed by atoms with Crippen molar-refractivity contribution in [2.45, 2.75) is 26.8 Å². The molecule has 2 aromatic carbocycles. The first-order valence-corrected chi connectivity index (χ1v) is 9.38. The van der Waals surface area contributed by atoms with E-state index in [9.17, 15) is 4.79 Å². The number of hydrogen-bond acceptors (Lipinski definition) is 5. The van der Waals surface area contributed by atoms with Gasteiger partial charge in [0.25, 0.3) is 0 Å². The van der Waals surface area contributed by atoms with Gasteiger partial charge in [-0.25, -0.2) is 0 Å². The molecule has 0 aliphatic rings. The Hall–Kier alpha value is -2.74. The summed E-state index contributed by atoms with van der Waals surface area (Å²) in [5, 5.41) is 17.8. The normalized spacial score (nSPS) is 11.9. The minimum Gasteiger partial charge on any atom is -0.376 e. The number of aromatic nitrogens is 4. The van der Waals surface area contributed by atoms with Crippen molar-refractivity contribution in [3.8, 4) is 5.69 Å². The van der Waals surface area contributed by atoms with Crippen LogP contribution in [0.1, 0.15) is 29.9 Å². The van der Waals surface area contributed by atoms with Gasteiger partial charge in [0.05, 0.1) is 18.3 Å². The third-order valence-electron chi connectivity index (χ3n) is 4.26. The van der Waals surface area contributed by atoms with E-state index in [1.807, 2.05) is 63.2 Å². The summed E-state index contributed by atoms with van der Waals surface area (Å²) in [6.45, 7) is 5.98. The van der Waals surface area contributed by atoms with Crippen LogP contribution in [0.2, 0.25) is 0 Å². The van der Waals surface area contributed by atoms with Crippen LogP contribution in [0, 0.1) is 13.8 Å². The first-order chi connectivity index (χ1) is 12.9. The summed E-state index contributed by atoms with van der Waals surface area (Å²) in [6.07, 6.45) is 0. The lowest BCUT2D eigenvalue weighted by Crippen LogP contribution is -2.32. The molecule has 0 aliphatic carbocycles. The lowest BCUT2D eigenvalue weighted by Gasteiger charge is -2.16. The van der Waals surface area contributed by atoms with E-state index in [2.05, 4.69) is 42.1 Å². The van der Waals surface area contributed by atoms with Crippen LogP contribution in [0.3, 0.4) is 0 Å². The second-order valence-electron chi connectivity index (χ2n) is 6.33. The van der Waals surface area contributed by atoms with Gasteiger partial charge in [0, 0.05) is 10.2 Å². The third kappa shape index (κ3) is 4.71. The Balaban J connectivity index is 1.62. The number of nitrogens with one attached hydrogen (secondary N) is 2. The summed E-state index contributed by atoms with van der Waals surface area (Å²) in [7, 11) is 0. The molecule has 2 N–H and O–H groups in total. The molecule has 7 nitrogen and oxygen atoms in total. The van der Waals surface area contributed by atoms with E-state index in [1.165, 1.54) is 0 Å². The van der Waals surface area contributed by atoms with Gasteiger partial charge in [0.2, 0.25) is 5.91 Å². The molecule has 1 unspecified atom stereocenters. The second-order valence-corrected chi connectivity index (χ2v) is 7.25. The fourth-order valence-electron chi connectivity index (χ4n) is 2.71. The average Bonchev–Trinajstić information content (AvgIpc) is 3.07. The van der Waals surface area contributed by atoms with Crippen LogP contribution in [-0.2, 0) is 4.79 Å². The maximum absolute atomic E-state index is 12.3. The van der Waals surface area contributed by atoms with Crippen LogP contribution in [0.4, 0.5) is 5.69 Å². The van der Waals surface area contributed by atoms with E-state index in [0.717, 1.165) is 27.0 Å². The van der Waals surface area contributed by atoms with Crippen LogP contribution in [0.5, 0.6) is 0 Å². The molecular formula is C19H21BrN6O. The summed E-state index contributed by atoms with van der Waals surface area (Å²) >= 11 is 3.41. The molecule has 140 valence electrons. The van der Waals surface area contributed by atoms with Crippen molar-refractivity contribution >= 4 is 27.5 Å². The number of anilines is 1. The lowest BCUT2D eigenvalue weighted by molar-refractivity contribution is -0.120. The fraction of sp³-hybridized carbons (Fsp3) is 0.263. The number of aryl methyl sites for hydroxylation is 2. The molecule has 1 amide bonds. The SMILES string of the molecule is Cc1ccc(NCC(=O)NC(C)c2ccc(Br)cc2)cc1-n1nnnc1C. The average molecular weight is 429 g/mol. The molecule has 0 bridgehead atoms. The Morgan fingerprint density at radius 1 is 1.19 bits per heavy atom. The molecule has 1 aromatic heterocycles. The first kappa shape index (κ1) is 19.0.